The molecule has 114 valence electrons. The maximum atomic E-state index is 13.6. The van der Waals surface area contributed by atoms with Crippen LogP contribution >= 0.6 is 11.6 Å². The molecular weight excluding hydrogens is 275 g/mol. The van der Waals surface area contributed by atoms with Crippen molar-refractivity contribution in [2.24, 2.45) is 0 Å². The summed E-state index contributed by atoms with van der Waals surface area (Å²) in [6.45, 7) is 13.4. The van der Waals surface area contributed by atoms with Crippen molar-refractivity contribution in [1.29, 1.82) is 0 Å². The lowest BCUT2D eigenvalue weighted by atomic mass is 9.86. The highest BCUT2D eigenvalue weighted by molar-refractivity contribution is 6.31. The van der Waals surface area contributed by atoms with Crippen LogP contribution in [0.4, 0.5) is 4.39 Å². The van der Waals surface area contributed by atoms with Gasteiger partial charge in [-0.3, -0.25) is 4.90 Å². The summed E-state index contributed by atoms with van der Waals surface area (Å²) in [4.78, 5) is 2.36. The van der Waals surface area contributed by atoms with E-state index in [-0.39, 0.29) is 17.4 Å². The molecule has 1 aromatic carbocycles. The molecule has 0 saturated heterocycles. The quantitative estimate of drug-likeness (QED) is 0.810. The van der Waals surface area contributed by atoms with Crippen molar-refractivity contribution in [1.82, 2.24) is 10.2 Å². The van der Waals surface area contributed by atoms with Gasteiger partial charge in [0, 0.05) is 10.6 Å². The molecule has 0 bridgehead atoms. The van der Waals surface area contributed by atoms with Crippen LogP contribution in [0.2, 0.25) is 5.02 Å². The lowest BCUT2D eigenvalue weighted by Crippen LogP contribution is -2.52. The van der Waals surface area contributed by atoms with Gasteiger partial charge in [0.05, 0.1) is 6.04 Å². The number of likely N-dealkylation sites (N-methyl/N-ethyl adjacent to an activating group) is 2. The SMILES string of the molecule is CCNC(c1cc(F)ccc1Cl)C(C)(C)N(CC)CC. The summed E-state index contributed by atoms with van der Waals surface area (Å²) in [5, 5.41) is 4.07. The van der Waals surface area contributed by atoms with E-state index in [2.05, 4.69) is 44.8 Å². The van der Waals surface area contributed by atoms with E-state index in [9.17, 15) is 4.39 Å². The molecule has 20 heavy (non-hydrogen) atoms. The fraction of sp³-hybridized carbons (Fsp3) is 0.625. The van der Waals surface area contributed by atoms with Gasteiger partial charge in [-0.05, 0) is 57.2 Å². The minimum absolute atomic E-state index is 0.0180. The van der Waals surface area contributed by atoms with Gasteiger partial charge in [0.25, 0.3) is 0 Å². The molecule has 0 aliphatic rings. The Labute approximate surface area is 127 Å². The Balaban J connectivity index is 3.25. The molecule has 1 unspecified atom stereocenters. The van der Waals surface area contributed by atoms with Crippen LogP contribution in [0.3, 0.4) is 0 Å². The van der Waals surface area contributed by atoms with Gasteiger partial charge < -0.3 is 5.32 Å². The molecule has 0 heterocycles. The maximum Gasteiger partial charge on any atom is 0.123 e. The Morgan fingerprint density at radius 1 is 1.25 bits per heavy atom. The van der Waals surface area contributed by atoms with Crippen molar-refractivity contribution in [2.75, 3.05) is 19.6 Å². The number of hydrogen-bond acceptors (Lipinski definition) is 2. The number of nitrogens with zero attached hydrogens (tertiary/aromatic N) is 1. The second-order valence-corrected chi connectivity index (χ2v) is 5.89. The number of halogens is 2. The summed E-state index contributed by atoms with van der Waals surface area (Å²) in [6, 6.07) is 4.56. The summed E-state index contributed by atoms with van der Waals surface area (Å²) in [5.41, 5.74) is 0.669. The fourth-order valence-electron chi connectivity index (χ4n) is 2.90. The topological polar surface area (TPSA) is 15.3 Å². The highest BCUT2D eigenvalue weighted by atomic mass is 35.5. The van der Waals surface area contributed by atoms with Crippen molar-refractivity contribution in [3.8, 4) is 0 Å². The molecule has 0 aliphatic heterocycles. The normalized spacial score (nSPS) is 13.8. The molecule has 1 atom stereocenters. The zero-order chi connectivity index (χ0) is 15.3. The highest BCUT2D eigenvalue weighted by Crippen LogP contribution is 2.35. The van der Waals surface area contributed by atoms with Gasteiger partial charge in [0.15, 0.2) is 0 Å². The summed E-state index contributed by atoms with van der Waals surface area (Å²) >= 11 is 6.30. The second-order valence-electron chi connectivity index (χ2n) is 5.48. The van der Waals surface area contributed by atoms with E-state index >= 15 is 0 Å². The van der Waals surface area contributed by atoms with Crippen LogP contribution in [0.15, 0.2) is 18.2 Å². The molecule has 0 amide bonds. The predicted octanol–water partition coefficient (Wildman–Crippen LogP) is 4.25. The van der Waals surface area contributed by atoms with E-state index in [1.807, 2.05) is 0 Å². The average Bonchev–Trinajstić information content (AvgIpc) is 2.40. The van der Waals surface area contributed by atoms with Crippen molar-refractivity contribution in [3.05, 3.63) is 34.6 Å². The third kappa shape index (κ3) is 3.72. The fourth-order valence-corrected chi connectivity index (χ4v) is 3.13. The summed E-state index contributed by atoms with van der Waals surface area (Å²) in [5.74, 6) is -0.248. The first-order chi connectivity index (χ1) is 9.38. The number of rotatable bonds is 7. The molecule has 4 heteroatoms. The lowest BCUT2D eigenvalue weighted by Gasteiger charge is -2.44. The Kier molecular flexibility index (Phi) is 6.44. The smallest absolute Gasteiger partial charge is 0.123 e. The van der Waals surface area contributed by atoms with Crippen LogP contribution in [-0.2, 0) is 0 Å². The Morgan fingerprint density at radius 3 is 2.35 bits per heavy atom. The molecule has 1 aromatic rings. The van der Waals surface area contributed by atoms with Crippen LogP contribution in [0.1, 0.15) is 46.2 Å². The number of hydrogen-bond donors (Lipinski definition) is 1. The van der Waals surface area contributed by atoms with Gasteiger partial charge in [-0.15, -0.1) is 0 Å². The molecular formula is C16H26ClFN2. The van der Waals surface area contributed by atoms with Crippen molar-refractivity contribution in [2.45, 2.75) is 46.2 Å². The predicted molar refractivity (Wildman–Crippen MR) is 84.8 cm³/mol. The highest BCUT2D eigenvalue weighted by Gasteiger charge is 2.35. The van der Waals surface area contributed by atoms with Gasteiger partial charge in [-0.2, -0.15) is 0 Å². The van der Waals surface area contributed by atoms with Gasteiger partial charge in [-0.1, -0.05) is 32.4 Å². The molecule has 1 rings (SSSR count). The third-order valence-corrected chi connectivity index (χ3v) is 4.31. The standard InChI is InChI=1S/C16H26ClFN2/c1-6-19-15(16(4,5)20(7-2)8-3)13-11-12(18)9-10-14(13)17/h9-11,15,19H,6-8H2,1-5H3. The number of nitrogens with one attached hydrogen (secondary N) is 1. The molecule has 0 spiro atoms. The zero-order valence-corrected chi connectivity index (χ0v) is 13.9. The molecule has 1 N–H and O–H groups in total. The van der Waals surface area contributed by atoms with E-state index in [0.717, 1.165) is 25.2 Å². The molecule has 0 aromatic heterocycles. The lowest BCUT2D eigenvalue weighted by molar-refractivity contribution is 0.0918. The summed E-state index contributed by atoms with van der Waals surface area (Å²) in [7, 11) is 0. The Morgan fingerprint density at radius 2 is 1.85 bits per heavy atom. The minimum atomic E-state index is -0.248. The van der Waals surface area contributed by atoms with Crippen molar-refractivity contribution < 1.29 is 4.39 Å². The van der Waals surface area contributed by atoms with Crippen LogP contribution in [0.25, 0.3) is 0 Å². The second kappa shape index (κ2) is 7.39. The molecule has 0 fully saturated rings. The van der Waals surface area contributed by atoms with E-state index in [0.29, 0.717) is 5.02 Å². The molecule has 0 radical (unpaired) electrons. The van der Waals surface area contributed by atoms with Gasteiger partial charge in [0.1, 0.15) is 5.82 Å². The van der Waals surface area contributed by atoms with Gasteiger partial charge in [-0.25, -0.2) is 4.39 Å². The zero-order valence-electron chi connectivity index (χ0n) is 13.1. The summed E-state index contributed by atoms with van der Waals surface area (Å²) < 4.78 is 13.6. The van der Waals surface area contributed by atoms with Crippen LogP contribution in [-0.4, -0.2) is 30.1 Å². The van der Waals surface area contributed by atoms with Crippen LogP contribution in [0.5, 0.6) is 0 Å². The molecule has 0 saturated carbocycles. The first-order valence-electron chi connectivity index (χ1n) is 7.31. The van der Waals surface area contributed by atoms with E-state index in [4.69, 9.17) is 11.6 Å². The average molecular weight is 301 g/mol. The first kappa shape index (κ1) is 17.4. The van der Waals surface area contributed by atoms with Gasteiger partial charge in [0.2, 0.25) is 0 Å². The maximum absolute atomic E-state index is 13.6. The third-order valence-electron chi connectivity index (χ3n) is 3.96. The van der Waals surface area contributed by atoms with Crippen molar-refractivity contribution in [3.63, 3.8) is 0 Å². The largest absolute Gasteiger partial charge is 0.309 e. The summed E-state index contributed by atoms with van der Waals surface area (Å²) in [6.07, 6.45) is 0. The van der Waals surface area contributed by atoms with Gasteiger partial charge >= 0.3 is 0 Å². The van der Waals surface area contributed by atoms with Crippen LogP contribution < -0.4 is 5.32 Å². The Hall–Kier alpha value is -0.640. The van der Waals surface area contributed by atoms with E-state index < -0.39 is 0 Å². The molecule has 2 nitrogen and oxygen atoms in total. The van der Waals surface area contributed by atoms with Crippen LogP contribution in [0, 0.1) is 5.82 Å². The molecule has 0 aliphatic carbocycles. The first-order valence-corrected chi connectivity index (χ1v) is 7.69. The van der Waals surface area contributed by atoms with E-state index in [1.165, 1.54) is 6.07 Å². The van der Waals surface area contributed by atoms with Crippen molar-refractivity contribution >= 4 is 11.6 Å². The Bertz CT molecular complexity index is 430. The monoisotopic (exact) mass is 300 g/mol. The number of benzene rings is 1. The minimum Gasteiger partial charge on any atom is -0.309 e. The van der Waals surface area contributed by atoms with E-state index in [1.54, 1.807) is 12.1 Å².